The molecule has 1 aromatic rings. The molecule has 0 aliphatic heterocycles. The molecule has 2 atom stereocenters. The van der Waals surface area contributed by atoms with Gasteiger partial charge in [-0.1, -0.05) is 34.8 Å². The molecule has 0 amide bonds. The summed E-state index contributed by atoms with van der Waals surface area (Å²) < 4.78 is 6.36. The second-order valence-corrected chi connectivity index (χ2v) is 5.75. The van der Waals surface area contributed by atoms with Crippen LogP contribution in [0.5, 0.6) is 0 Å². The molecule has 0 aliphatic rings. The van der Waals surface area contributed by atoms with Gasteiger partial charge < -0.3 is 9.57 Å². The van der Waals surface area contributed by atoms with Crippen molar-refractivity contribution in [2.45, 2.75) is 19.1 Å². The Labute approximate surface area is 114 Å². The molecule has 0 saturated carbocycles. The van der Waals surface area contributed by atoms with E-state index in [-0.39, 0.29) is 12.1 Å². The Morgan fingerprint density at radius 1 is 1.19 bits per heavy atom. The summed E-state index contributed by atoms with van der Waals surface area (Å²) in [5.41, 5.74) is 3.47. The molecular formula is C9H12Cl3NO2S. The van der Waals surface area contributed by atoms with Crippen LogP contribution in [0.4, 0.5) is 0 Å². The minimum atomic E-state index is -0.316. The lowest BCUT2D eigenvalue weighted by molar-refractivity contribution is -0.00726. The molecule has 1 aromatic heterocycles. The number of methoxy groups -OCH3 is 1. The van der Waals surface area contributed by atoms with Gasteiger partial charge in [0.25, 0.3) is 0 Å². The van der Waals surface area contributed by atoms with Gasteiger partial charge in [0, 0.05) is 12.7 Å². The van der Waals surface area contributed by atoms with Gasteiger partial charge in [-0.05, 0) is 6.92 Å². The molecule has 2 unspecified atom stereocenters. The molecular weight excluding hydrogens is 293 g/mol. The SMILES string of the molecule is CONC(C)C(OC)c1c(Cl)sc(Cl)c1Cl. The first-order valence-corrected chi connectivity index (χ1v) is 6.42. The second kappa shape index (κ2) is 6.40. The van der Waals surface area contributed by atoms with E-state index in [9.17, 15) is 0 Å². The van der Waals surface area contributed by atoms with Crippen LogP contribution in [0.25, 0.3) is 0 Å². The molecule has 0 saturated heterocycles. The van der Waals surface area contributed by atoms with Crippen molar-refractivity contribution < 1.29 is 9.57 Å². The van der Waals surface area contributed by atoms with Gasteiger partial charge in [0.05, 0.1) is 18.2 Å². The molecule has 0 spiro atoms. The summed E-state index contributed by atoms with van der Waals surface area (Å²) in [6.45, 7) is 1.90. The molecule has 0 fully saturated rings. The number of ether oxygens (including phenoxy) is 1. The fourth-order valence-corrected chi connectivity index (χ4v) is 3.42. The molecule has 0 radical (unpaired) electrons. The average Bonchev–Trinajstić information content (AvgIpc) is 2.46. The Hall–Kier alpha value is 0.450. The number of hydrogen-bond donors (Lipinski definition) is 1. The number of halogens is 3. The Morgan fingerprint density at radius 3 is 2.19 bits per heavy atom. The highest BCUT2D eigenvalue weighted by Gasteiger charge is 2.27. The van der Waals surface area contributed by atoms with Gasteiger partial charge >= 0.3 is 0 Å². The topological polar surface area (TPSA) is 30.5 Å². The van der Waals surface area contributed by atoms with Crippen LogP contribution in [0, 0.1) is 0 Å². The lowest BCUT2D eigenvalue weighted by Gasteiger charge is -2.22. The maximum absolute atomic E-state index is 6.08. The van der Waals surface area contributed by atoms with Crippen LogP contribution in [0.2, 0.25) is 13.7 Å². The van der Waals surface area contributed by atoms with Crippen molar-refractivity contribution in [3.63, 3.8) is 0 Å². The third-order valence-electron chi connectivity index (χ3n) is 2.10. The lowest BCUT2D eigenvalue weighted by Crippen LogP contribution is -2.32. The van der Waals surface area contributed by atoms with E-state index in [1.807, 2.05) is 6.92 Å². The summed E-state index contributed by atoms with van der Waals surface area (Å²) in [6.07, 6.45) is -0.316. The number of hydrogen-bond acceptors (Lipinski definition) is 4. The molecule has 0 bridgehead atoms. The van der Waals surface area contributed by atoms with E-state index in [1.165, 1.54) is 18.4 Å². The highest BCUT2D eigenvalue weighted by molar-refractivity contribution is 7.20. The quantitative estimate of drug-likeness (QED) is 0.836. The van der Waals surface area contributed by atoms with E-state index in [0.29, 0.717) is 19.3 Å². The minimum absolute atomic E-state index is 0.101. The molecule has 7 heteroatoms. The van der Waals surface area contributed by atoms with E-state index in [0.717, 1.165) is 0 Å². The fraction of sp³-hybridized carbons (Fsp3) is 0.556. The molecule has 1 rings (SSSR count). The lowest BCUT2D eigenvalue weighted by atomic mass is 10.1. The molecule has 16 heavy (non-hydrogen) atoms. The average molecular weight is 305 g/mol. The standard InChI is InChI=1S/C9H12Cl3NO2S/c1-4(13-15-3)7(14-2)5-6(10)9(12)16-8(5)11/h4,7,13H,1-3H3. The van der Waals surface area contributed by atoms with Crippen LogP contribution in [0.15, 0.2) is 0 Å². The van der Waals surface area contributed by atoms with Crippen molar-refractivity contribution in [2.75, 3.05) is 14.2 Å². The Bertz CT molecular complexity index is 359. The highest BCUT2D eigenvalue weighted by Crippen LogP contribution is 2.44. The zero-order chi connectivity index (χ0) is 12.3. The fourth-order valence-electron chi connectivity index (χ4n) is 1.43. The smallest absolute Gasteiger partial charge is 0.113 e. The van der Waals surface area contributed by atoms with E-state index >= 15 is 0 Å². The van der Waals surface area contributed by atoms with Gasteiger partial charge in [0.15, 0.2) is 0 Å². The zero-order valence-electron chi connectivity index (χ0n) is 9.01. The second-order valence-electron chi connectivity index (χ2n) is 3.14. The summed E-state index contributed by atoms with van der Waals surface area (Å²) in [7, 11) is 3.11. The van der Waals surface area contributed by atoms with Crippen molar-refractivity contribution in [1.29, 1.82) is 0 Å². The largest absolute Gasteiger partial charge is 0.375 e. The number of hydroxylamine groups is 1. The van der Waals surface area contributed by atoms with Crippen molar-refractivity contribution >= 4 is 46.1 Å². The van der Waals surface area contributed by atoms with Gasteiger partial charge in [0.2, 0.25) is 0 Å². The Kier molecular flexibility index (Phi) is 5.81. The number of rotatable bonds is 5. The van der Waals surface area contributed by atoms with Crippen LogP contribution in [-0.4, -0.2) is 20.3 Å². The van der Waals surface area contributed by atoms with E-state index in [1.54, 1.807) is 7.11 Å². The molecule has 1 N–H and O–H groups in total. The van der Waals surface area contributed by atoms with Crippen LogP contribution < -0.4 is 5.48 Å². The third-order valence-corrected chi connectivity index (χ3v) is 4.34. The van der Waals surface area contributed by atoms with Gasteiger partial charge in [-0.2, -0.15) is 5.48 Å². The normalized spacial score (nSPS) is 15.1. The van der Waals surface area contributed by atoms with E-state index in [2.05, 4.69) is 5.48 Å². The summed E-state index contributed by atoms with van der Waals surface area (Å²) in [5.74, 6) is 0. The van der Waals surface area contributed by atoms with Crippen LogP contribution in [0.1, 0.15) is 18.6 Å². The van der Waals surface area contributed by atoms with Gasteiger partial charge in [-0.15, -0.1) is 11.3 Å². The third kappa shape index (κ3) is 3.01. The Balaban J connectivity index is 3.03. The molecule has 0 aromatic carbocycles. The van der Waals surface area contributed by atoms with Crippen molar-refractivity contribution in [1.82, 2.24) is 5.48 Å². The van der Waals surface area contributed by atoms with Crippen molar-refractivity contribution in [3.8, 4) is 0 Å². The zero-order valence-corrected chi connectivity index (χ0v) is 12.1. The van der Waals surface area contributed by atoms with Crippen molar-refractivity contribution in [2.24, 2.45) is 0 Å². The van der Waals surface area contributed by atoms with Crippen molar-refractivity contribution in [3.05, 3.63) is 19.3 Å². The highest BCUT2D eigenvalue weighted by atomic mass is 35.5. The predicted molar refractivity (Wildman–Crippen MR) is 68.7 cm³/mol. The van der Waals surface area contributed by atoms with Gasteiger partial charge in [-0.3, -0.25) is 0 Å². The minimum Gasteiger partial charge on any atom is -0.375 e. The molecule has 92 valence electrons. The first-order valence-electron chi connectivity index (χ1n) is 4.47. The molecule has 1 heterocycles. The van der Waals surface area contributed by atoms with Crippen LogP contribution in [0.3, 0.4) is 0 Å². The van der Waals surface area contributed by atoms with E-state index < -0.39 is 0 Å². The Morgan fingerprint density at radius 2 is 1.81 bits per heavy atom. The van der Waals surface area contributed by atoms with Crippen LogP contribution >= 0.6 is 46.1 Å². The maximum Gasteiger partial charge on any atom is 0.113 e. The molecule has 0 aliphatic carbocycles. The monoisotopic (exact) mass is 303 g/mol. The summed E-state index contributed by atoms with van der Waals surface area (Å²) in [6, 6.07) is -0.101. The predicted octanol–water partition coefficient (Wildman–Crippen LogP) is 3.94. The van der Waals surface area contributed by atoms with Gasteiger partial charge in [-0.25, -0.2) is 0 Å². The first-order chi connectivity index (χ1) is 7.52. The van der Waals surface area contributed by atoms with Crippen LogP contribution in [-0.2, 0) is 9.57 Å². The first kappa shape index (κ1) is 14.5. The summed E-state index contributed by atoms with van der Waals surface area (Å²) in [5, 5.41) is 0.438. The number of nitrogens with one attached hydrogen (secondary N) is 1. The molecule has 3 nitrogen and oxygen atoms in total. The maximum atomic E-state index is 6.08. The number of thiophene rings is 1. The summed E-state index contributed by atoms with van der Waals surface area (Å²) in [4.78, 5) is 4.85. The van der Waals surface area contributed by atoms with E-state index in [4.69, 9.17) is 44.4 Å². The summed E-state index contributed by atoms with van der Waals surface area (Å²) >= 11 is 19.3. The van der Waals surface area contributed by atoms with Gasteiger partial charge in [0.1, 0.15) is 14.8 Å².